The summed E-state index contributed by atoms with van der Waals surface area (Å²) in [7, 11) is 1.74. The Labute approximate surface area is 110 Å². The molecule has 0 aliphatic heterocycles. The van der Waals surface area contributed by atoms with Crippen LogP contribution >= 0.6 is 0 Å². The molecule has 1 aromatic rings. The van der Waals surface area contributed by atoms with Crippen LogP contribution in [0.2, 0.25) is 0 Å². The molecule has 1 aliphatic carbocycles. The zero-order chi connectivity index (χ0) is 13.0. The summed E-state index contributed by atoms with van der Waals surface area (Å²) >= 11 is 0. The van der Waals surface area contributed by atoms with Crippen molar-refractivity contribution in [3.8, 4) is 5.75 Å². The first-order valence-electron chi connectivity index (χ1n) is 6.75. The molecule has 0 heterocycles. The van der Waals surface area contributed by atoms with E-state index in [1.165, 1.54) is 36.1 Å². The molecule has 0 amide bonds. The Hall–Kier alpha value is -1.44. The highest BCUT2D eigenvalue weighted by atomic mass is 16.5. The maximum atomic E-state index is 5.46. The minimum absolute atomic E-state index is 0.765. The van der Waals surface area contributed by atoms with Gasteiger partial charge in [0.1, 0.15) is 5.75 Å². The highest BCUT2D eigenvalue weighted by Crippen LogP contribution is 2.29. The standard InChI is InChI=1S/C16H23NO/c1-12-9-10-15(13(2)16(12)18-3)17-11-14-7-5-4-6-8-14/h4-5,9-10,14,17H,6-8,11H2,1-3H3. The third kappa shape index (κ3) is 2.87. The maximum Gasteiger partial charge on any atom is 0.126 e. The Kier molecular flexibility index (Phi) is 4.29. The number of nitrogens with one attached hydrogen (secondary N) is 1. The summed E-state index contributed by atoms with van der Waals surface area (Å²) in [4.78, 5) is 0. The summed E-state index contributed by atoms with van der Waals surface area (Å²) in [6.45, 7) is 5.26. The van der Waals surface area contributed by atoms with Gasteiger partial charge in [0.25, 0.3) is 0 Å². The molecule has 0 saturated carbocycles. The SMILES string of the molecule is COc1c(C)ccc(NCC2CC=CCC2)c1C. The Morgan fingerprint density at radius 1 is 1.28 bits per heavy atom. The molecule has 1 aromatic carbocycles. The molecule has 1 unspecified atom stereocenters. The van der Waals surface area contributed by atoms with Crippen LogP contribution in [0.25, 0.3) is 0 Å². The molecule has 1 aliphatic rings. The molecule has 0 radical (unpaired) electrons. The van der Waals surface area contributed by atoms with Crippen LogP contribution < -0.4 is 10.1 Å². The molecule has 0 fully saturated rings. The van der Waals surface area contributed by atoms with Crippen molar-refractivity contribution in [2.75, 3.05) is 19.0 Å². The van der Waals surface area contributed by atoms with Gasteiger partial charge in [-0.25, -0.2) is 0 Å². The van der Waals surface area contributed by atoms with Crippen molar-refractivity contribution >= 4 is 5.69 Å². The second kappa shape index (κ2) is 5.94. The van der Waals surface area contributed by atoms with Gasteiger partial charge in [-0.05, 0) is 50.7 Å². The molecular formula is C16H23NO. The van der Waals surface area contributed by atoms with Crippen LogP contribution in [0.3, 0.4) is 0 Å². The lowest BCUT2D eigenvalue weighted by atomic mass is 9.94. The molecule has 1 N–H and O–H groups in total. The van der Waals surface area contributed by atoms with E-state index in [0.717, 1.165) is 18.2 Å². The smallest absolute Gasteiger partial charge is 0.126 e. The molecule has 98 valence electrons. The fourth-order valence-corrected chi connectivity index (χ4v) is 2.63. The number of ether oxygens (including phenoxy) is 1. The van der Waals surface area contributed by atoms with Crippen molar-refractivity contribution < 1.29 is 4.74 Å². The topological polar surface area (TPSA) is 21.3 Å². The normalized spacial score (nSPS) is 18.7. The molecule has 2 heteroatoms. The van der Waals surface area contributed by atoms with E-state index in [-0.39, 0.29) is 0 Å². The first kappa shape index (κ1) is 13.0. The number of methoxy groups -OCH3 is 1. The summed E-state index contributed by atoms with van der Waals surface area (Å²) in [5.74, 6) is 1.77. The largest absolute Gasteiger partial charge is 0.496 e. The zero-order valence-electron chi connectivity index (χ0n) is 11.6. The fourth-order valence-electron chi connectivity index (χ4n) is 2.63. The second-order valence-electron chi connectivity index (χ2n) is 5.12. The summed E-state index contributed by atoms with van der Waals surface area (Å²) in [5, 5.41) is 3.57. The van der Waals surface area contributed by atoms with Crippen LogP contribution in [0.4, 0.5) is 5.69 Å². The highest BCUT2D eigenvalue weighted by Gasteiger charge is 2.12. The van der Waals surface area contributed by atoms with Crippen LogP contribution in [0.15, 0.2) is 24.3 Å². The number of rotatable bonds is 4. The van der Waals surface area contributed by atoms with Gasteiger partial charge >= 0.3 is 0 Å². The molecule has 18 heavy (non-hydrogen) atoms. The maximum absolute atomic E-state index is 5.46. The van der Waals surface area contributed by atoms with Crippen molar-refractivity contribution in [2.24, 2.45) is 5.92 Å². The molecule has 0 aromatic heterocycles. The first-order chi connectivity index (χ1) is 8.72. The number of anilines is 1. The quantitative estimate of drug-likeness (QED) is 0.807. The average Bonchev–Trinajstić information content (AvgIpc) is 2.40. The molecular weight excluding hydrogens is 222 g/mol. The van der Waals surface area contributed by atoms with E-state index in [0.29, 0.717) is 0 Å². The Morgan fingerprint density at radius 3 is 2.78 bits per heavy atom. The number of hydrogen-bond donors (Lipinski definition) is 1. The Balaban J connectivity index is 2.03. The molecule has 2 nitrogen and oxygen atoms in total. The first-order valence-corrected chi connectivity index (χ1v) is 6.75. The van der Waals surface area contributed by atoms with Gasteiger partial charge in [-0.1, -0.05) is 18.2 Å². The third-order valence-electron chi connectivity index (χ3n) is 3.77. The van der Waals surface area contributed by atoms with E-state index in [9.17, 15) is 0 Å². The van der Waals surface area contributed by atoms with Gasteiger partial charge in [-0.15, -0.1) is 0 Å². The third-order valence-corrected chi connectivity index (χ3v) is 3.77. The minimum Gasteiger partial charge on any atom is -0.496 e. The molecule has 0 bridgehead atoms. The van der Waals surface area contributed by atoms with Crippen LogP contribution in [0.5, 0.6) is 5.75 Å². The van der Waals surface area contributed by atoms with Crippen molar-refractivity contribution in [3.63, 3.8) is 0 Å². The van der Waals surface area contributed by atoms with Crippen LogP contribution in [0, 0.1) is 19.8 Å². The predicted octanol–water partition coefficient (Wildman–Crippen LogP) is 4.08. The van der Waals surface area contributed by atoms with Crippen molar-refractivity contribution in [2.45, 2.75) is 33.1 Å². The monoisotopic (exact) mass is 245 g/mol. The predicted molar refractivity (Wildman–Crippen MR) is 77.4 cm³/mol. The summed E-state index contributed by atoms with van der Waals surface area (Å²) < 4.78 is 5.46. The van der Waals surface area contributed by atoms with Gasteiger partial charge in [0.05, 0.1) is 7.11 Å². The van der Waals surface area contributed by atoms with Gasteiger partial charge in [-0.3, -0.25) is 0 Å². The van der Waals surface area contributed by atoms with Gasteiger partial charge in [0.15, 0.2) is 0 Å². The van der Waals surface area contributed by atoms with Crippen molar-refractivity contribution in [3.05, 3.63) is 35.4 Å². The summed E-state index contributed by atoms with van der Waals surface area (Å²) in [5.41, 5.74) is 3.61. The van der Waals surface area contributed by atoms with E-state index < -0.39 is 0 Å². The van der Waals surface area contributed by atoms with E-state index >= 15 is 0 Å². The number of aryl methyl sites for hydroxylation is 1. The van der Waals surface area contributed by atoms with Crippen LogP contribution in [-0.2, 0) is 0 Å². The van der Waals surface area contributed by atoms with Gasteiger partial charge in [0, 0.05) is 17.8 Å². The van der Waals surface area contributed by atoms with Crippen molar-refractivity contribution in [1.29, 1.82) is 0 Å². The van der Waals surface area contributed by atoms with E-state index in [1.807, 2.05) is 0 Å². The minimum atomic E-state index is 0.765. The number of allylic oxidation sites excluding steroid dienone is 2. The lowest BCUT2D eigenvalue weighted by molar-refractivity contribution is 0.408. The Bertz CT molecular complexity index is 437. The van der Waals surface area contributed by atoms with Crippen molar-refractivity contribution in [1.82, 2.24) is 0 Å². The highest BCUT2D eigenvalue weighted by molar-refractivity contribution is 5.59. The molecule has 0 spiro atoms. The number of benzene rings is 1. The van der Waals surface area contributed by atoms with Gasteiger partial charge in [0.2, 0.25) is 0 Å². The summed E-state index contributed by atoms with van der Waals surface area (Å²) in [6.07, 6.45) is 8.32. The lowest BCUT2D eigenvalue weighted by Crippen LogP contribution is -2.16. The number of hydrogen-bond acceptors (Lipinski definition) is 2. The molecule has 0 saturated heterocycles. The van der Waals surface area contributed by atoms with E-state index in [2.05, 4.69) is 43.4 Å². The second-order valence-corrected chi connectivity index (χ2v) is 5.12. The van der Waals surface area contributed by atoms with Crippen LogP contribution in [0.1, 0.15) is 30.4 Å². The molecule has 1 atom stereocenters. The van der Waals surface area contributed by atoms with Crippen LogP contribution in [-0.4, -0.2) is 13.7 Å². The van der Waals surface area contributed by atoms with E-state index in [1.54, 1.807) is 7.11 Å². The Morgan fingerprint density at radius 2 is 2.11 bits per heavy atom. The summed E-state index contributed by atoms with van der Waals surface area (Å²) in [6, 6.07) is 4.28. The zero-order valence-corrected chi connectivity index (χ0v) is 11.6. The fraction of sp³-hybridized carbons (Fsp3) is 0.500. The lowest BCUT2D eigenvalue weighted by Gasteiger charge is -2.20. The van der Waals surface area contributed by atoms with E-state index in [4.69, 9.17) is 4.74 Å². The average molecular weight is 245 g/mol. The molecule has 2 rings (SSSR count). The van der Waals surface area contributed by atoms with Gasteiger partial charge < -0.3 is 10.1 Å². The van der Waals surface area contributed by atoms with Gasteiger partial charge in [-0.2, -0.15) is 0 Å².